The van der Waals surface area contributed by atoms with Gasteiger partial charge in [-0.2, -0.15) is 0 Å². The van der Waals surface area contributed by atoms with Crippen LogP contribution in [0.25, 0.3) is 0 Å². The highest BCUT2D eigenvalue weighted by molar-refractivity contribution is 5.11. The van der Waals surface area contributed by atoms with Crippen LogP contribution in [-0.4, -0.2) is 19.7 Å². The van der Waals surface area contributed by atoms with E-state index in [0.717, 1.165) is 25.5 Å². The summed E-state index contributed by atoms with van der Waals surface area (Å²) in [5, 5.41) is 3.50. The largest absolute Gasteiger partial charge is 0.346 e. The first-order chi connectivity index (χ1) is 8.98. The number of nitrogens with zero attached hydrogens (tertiary/aromatic N) is 3. The van der Waals surface area contributed by atoms with Crippen molar-refractivity contribution in [1.29, 1.82) is 0 Å². The molecule has 0 bridgehead atoms. The van der Waals surface area contributed by atoms with Crippen molar-refractivity contribution < 1.29 is 0 Å². The first kappa shape index (κ1) is 13.9. The molecular formula is C15H24N4. The topological polar surface area (TPSA) is 34.8 Å². The third-order valence-corrected chi connectivity index (χ3v) is 3.10. The molecule has 0 aliphatic heterocycles. The number of hydrogen-bond acceptors (Lipinski definition) is 2. The zero-order chi connectivity index (χ0) is 13.9. The summed E-state index contributed by atoms with van der Waals surface area (Å²) in [5.74, 6) is 1.11. The molecule has 0 spiro atoms. The van der Waals surface area contributed by atoms with E-state index in [1.54, 1.807) is 0 Å². The van der Waals surface area contributed by atoms with Crippen LogP contribution in [0.5, 0.6) is 0 Å². The van der Waals surface area contributed by atoms with Crippen LogP contribution in [0.15, 0.2) is 30.9 Å². The standard InChI is InChI=1S/C15H24N4/c1-5-19-9-7-16-14(19)12-18-8-6-13(11-18)10-17-15(2,3)4/h6-9,11,17H,5,10,12H2,1-4H3. The van der Waals surface area contributed by atoms with E-state index in [0.29, 0.717) is 0 Å². The molecule has 0 unspecified atom stereocenters. The lowest BCUT2D eigenvalue weighted by Crippen LogP contribution is -2.34. The van der Waals surface area contributed by atoms with Gasteiger partial charge in [0.1, 0.15) is 5.82 Å². The second kappa shape index (κ2) is 5.61. The second-order valence-electron chi connectivity index (χ2n) is 5.93. The number of nitrogens with one attached hydrogen (secondary N) is 1. The van der Waals surface area contributed by atoms with Gasteiger partial charge in [0.25, 0.3) is 0 Å². The van der Waals surface area contributed by atoms with E-state index in [4.69, 9.17) is 0 Å². The Balaban J connectivity index is 1.98. The molecule has 0 aliphatic carbocycles. The smallest absolute Gasteiger partial charge is 0.128 e. The number of aryl methyl sites for hydroxylation is 1. The average molecular weight is 260 g/mol. The Morgan fingerprint density at radius 3 is 2.74 bits per heavy atom. The van der Waals surface area contributed by atoms with Gasteiger partial charge < -0.3 is 14.5 Å². The van der Waals surface area contributed by atoms with E-state index < -0.39 is 0 Å². The minimum atomic E-state index is 0.153. The normalized spacial score (nSPS) is 12.0. The fraction of sp³-hybridized carbons (Fsp3) is 0.533. The highest BCUT2D eigenvalue weighted by Crippen LogP contribution is 2.07. The summed E-state index contributed by atoms with van der Waals surface area (Å²) >= 11 is 0. The van der Waals surface area contributed by atoms with Crippen molar-refractivity contribution in [2.75, 3.05) is 0 Å². The minimum absolute atomic E-state index is 0.153. The summed E-state index contributed by atoms with van der Waals surface area (Å²) in [4.78, 5) is 4.40. The fourth-order valence-electron chi connectivity index (χ4n) is 2.00. The predicted molar refractivity (Wildman–Crippen MR) is 78.0 cm³/mol. The van der Waals surface area contributed by atoms with E-state index in [9.17, 15) is 0 Å². The Morgan fingerprint density at radius 2 is 2.05 bits per heavy atom. The second-order valence-corrected chi connectivity index (χ2v) is 5.93. The van der Waals surface area contributed by atoms with Crippen molar-refractivity contribution in [1.82, 2.24) is 19.4 Å². The molecule has 2 heterocycles. The van der Waals surface area contributed by atoms with Crippen LogP contribution in [0.4, 0.5) is 0 Å². The van der Waals surface area contributed by atoms with Crippen LogP contribution in [0.2, 0.25) is 0 Å². The van der Waals surface area contributed by atoms with Crippen LogP contribution in [0.1, 0.15) is 39.1 Å². The summed E-state index contributed by atoms with van der Waals surface area (Å²) in [6.07, 6.45) is 8.20. The molecular weight excluding hydrogens is 236 g/mol. The summed E-state index contributed by atoms with van der Waals surface area (Å²) in [6, 6.07) is 2.16. The van der Waals surface area contributed by atoms with Crippen molar-refractivity contribution in [3.63, 3.8) is 0 Å². The van der Waals surface area contributed by atoms with Gasteiger partial charge in [0.15, 0.2) is 0 Å². The molecule has 104 valence electrons. The van der Waals surface area contributed by atoms with E-state index in [1.807, 2.05) is 12.4 Å². The molecule has 0 fully saturated rings. The third kappa shape index (κ3) is 3.96. The molecule has 4 nitrogen and oxygen atoms in total. The number of aromatic nitrogens is 3. The monoisotopic (exact) mass is 260 g/mol. The van der Waals surface area contributed by atoms with E-state index in [-0.39, 0.29) is 5.54 Å². The van der Waals surface area contributed by atoms with Gasteiger partial charge in [-0.25, -0.2) is 4.98 Å². The van der Waals surface area contributed by atoms with E-state index in [2.05, 4.69) is 65.6 Å². The Bertz CT molecular complexity index is 516. The molecule has 2 rings (SSSR count). The van der Waals surface area contributed by atoms with Crippen molar-refractivity contribution in [2.24, 2.45) is 0 Å². The van der Waals surface area contributed by atoms with Gasteiger partial charge in [-0.05, 0) is 39.3 Å². The molecule has 0 aliphatic rings. The first-order valence-corrected chi connectivity index (χ1v) is 6.87. The Hall–Kier alpha value is -1.55. The zero-order valence-electron chi connectivity index (χ0n) is 12.3. The maximum Gasteiger partial charge on any atom is 0.128 e. The van der Waals surface area contributed by atoms with Crippen LogP contribution in [0.3, 0.4) is 0 Å². The van der Waals surface area contributed by atoms with Gasteiger partial charge >= 0.3 is 0 Å². The predicted octanol–water partition coefficient (Wildman–Crippen LogP) is 2.64. The quantitative estimate of drug-likeness (QED) is 0.897. The molecule has 0 saturated carbocycles. The maximum atomic E-state index is 4.40. The van der Waals surface area contributed by atoms with Crippen LogP contribution < -0.4 is 5.32 Å². The van der Waals surface area contributed by atoms with Crippen molar-refractivity contribution in [3.8, 4) is 0 Å². The Kier molecular flexibility index (Phi) is 4.10. The molecule has 0 atom stereocenters. The van der Waals surface area contributed by atoms with Gasteiger partial charge in [-0.1, -0.05) is 0 Å². The number of imidazole rings is 1. The molecule has 1 N–H and O–H groups in total. The third-order valence-electron chi connectivity index (χ3n) is 3.10. The SMILES string of the molecule is CCn1ccnc1Cn1ccc(CNC(C)(C)C)c1. The minimum Gasteiger partial charge on any atom is -0.346 e. The molecule has 4 heteroatoms. The highest BCUT2D eigenvalue weighted by atomic mass is 15.1. The lowest BCUT2D eigenvalue weighted by Gasteiger charge is -2.19. The van der Waals surface area contributed by atoms with Crippen molar-refractivity contribution in [3.05, 3.63) is 42.2 Å². The Morgan fingerprint density at radius 1 is 1.26 bits per heavy atom. The summed E-state index contributed by atoms with van der Waals surface area (Å²) in [6.45, 7) is 11.4. The fourth-order valence-corrected chi connectivity index (χ4v) is 2.00. The number of rotatable bonds is 5. The molecule has 0 amide bonds. The van der Waals surface area contributed by atoms with Gasteiger partial charge in [0.05, 0.1) is 6.54 Å². The Labute approximate surface area is 115 Å². The summed E-state index contributed by atoms with van der Waals surface area (Å²) < 4.78 is 4.36. The van der Waals surface area contributed by atoms with Gasteiger partial charge in [-0.3, -0.25) is 0 Å². The lowest BCUT2D eigenvalue weighted by atomic mass is 10.1. The van der Waals surface area contributed by atoms with Crippen molar-refractivity contribution >= 4 is 0 Å². The molecule has 0 radical (unpaired) electrons. The summed E-state index contributed by atoms with van der Waals surface area (Å²) in [5.41, 5.74) is 1.46. The molecule has 19 heavy (non-hydrogen) atoms. The summed E-state index contributed by atoms with van der Waals surface area (Å²) in [7, 11) is 0. The maximum absolute atomic E-state index is 4.40. The molecule has 0 saturated heterocycles. The van der Waals surface area contributed by atoms with Gasteiger partial charge in [0, 0.05) is 43.4 Å². The number of hydrogen-bond donors (Lipinski definition) is 1. The van der Waals surface area contributed by atoms with Crippen LogP contribution in [-0.2, 0) is 19.6 Å². The first-order valence-electron chi connectivity index (χ1n) is 6.87. The molecule has 0 aromatic carbocycles. The average Bonchev–Trinajstić information content (AvgIpc) is 2.95. The van der Waals surface area contributed by atoms with Gasteiger partial charge in [-0.15, -0.1) is 0 Å². The molecule has 2 aromatic heterocycles. The molecule has 2 aromatic rings. The van der Waals surface area contributed by atoms with Gasteiger partial charge in [0.2, 0.25) is 0 Å². The van der Waals surface area contributed by atoms with Crippen LogP contribution in [0, 0.1) is 0 Å². The highest BCUT2D eigenvalue weighted by Gasteiger charge is 2.09. The van der Waals surface area contributed by atoms with E-state index >= 15 is 0 Å². The van der Waals surface area contributed by atoms with E-state index in [1.165, 1.54) is 5.56 Å². The lowest BCUT2D eigenvalue weighted by molar-refractivity contribution is 0.424. The zero-order valence-corrected chi connectivity index (χ0v) is 12.3. The van der Waals surface area contributed by atoms with Crippen molar-refractivity contribution in [2.45, 2.75) is 52.9 Å². The van der Waals surface area contributed by atoms with Crippen LogP contribution >= 0.6 is 0 Å².